The number of amides is 1. The Kier molecular flexibility index (Phi) is 9.56. The number of likely N-dealkylation sites (N-methyl/N-ethyl adjacent to an activating group) is 1. The van der Waals surface area contributed by atoms with Gasteiger partial charge in [0.15, 0.2) is 11.5 Å². The lowest BCUT2D eigenvalue weighted by Crippen LogP contribution is -2.45. The molecular weight excluding hydrogens is 628 g/mol. The number of aryl methyl sites for hydroxylation is 1. The van der Waals surface area contributed by atoms with Crippen LogP contribution in [0, 0.1) is 18.6 Å². The Hall–Kier alpha value is -4.85. The largest absolute Gasteiger partial charge is 0.358 e. The molecule has 0 radical (unpaired) electrons. The Morgan fingerprint density at radius 1 is 1.00 bits per heavy atom. The summed E-state index contributed by atoms with van der Waals surface area (Å²) < 4.78 is 39.0. The molecule has 2 aromatic carbocycles. The fraction of sp³-hybridized carbons (Fsp3) is 0.361. The van der Waals surface area contributed by atoms with Gasteiger partial charge >= 0.3 is 0 Å². The number of hydrogen-bond acceptors (Lipinski definition) is 9. The summed E-state index contributed by atoms with van der Waals surface area (Å²) in [6.45, 7) is 10.8. The molecule has 13 heteroatoms. The van der Waals surface area contributed by atoms with Gasteiger partial charge in [-0.2, -0.15) is 0 Å². The van der Waals surface area contributed by atoms with Crippen molar-refractivity contribution < 1.29 is 18.3 Å². The molecular formula is C36H39F2N9O2. The number of nitrogens with zero attached hydrogens (tertiary/aromatic N) is 7. The second-order valence-electron chi connectivity index (χ2n) is 12.5. The van der Waals surface area contributed by atoms with Crippen molar-refractivity contribution >= 4 is 34.3 Å². The van der Waals surface area contributed by atoms with Gasteiger partial charge in [-0.3, -0.25) is 14.3 Å². The molecule has 2 saturated heterocycles. The summed E-state index contributed by atoms with van der Waals surface area (Å²) >= 11 is 0. The number of imidazole rings is 1. The van der Waals surface area contributed by atoms with E-state index in [1.807, 2.05) is 17.6 Å². The summed E-state index contributed by atoms with van der Waals surface area (Å²) in [6.07, 6.45) is 7.33. The summed E-state index contributed by atoms with van der Waals surface area (Å²) in [7, 11) is 0. The Morgan fingerprint density at radius 2 is 1.84 bits per heavy atom. The molecule has 49 heavy (non-hydrogen) atoms. The first-order valence-electron chi connectivity index (χ1n) is 16.7. The standard InChI is InChI=1S/C36H39F2N9O2/c1-3-45-14-16-46(17-15-45)20-25-10-9-24(19-23(25)2)36(48)43-28-12-11-27(37)32(30(28)38)44-34-26(7-6-13-39-34)31-33-35(41-21-40-31)47(22-42-33)29-8-4-5-18-49-29/h6-7,9-13,19,21-22,29H,3-5,8,14-18,20H2,1-2H3,(H,39,44)(H,43,48). The summed E-state index contributed by atoms with van der Waals surface area (Å²) in [4.78, 5) is 36.0. The van der Waals surface area contributed by atoms with Crippen LogP contribution in [0.4, 0.5) is 26.0 Å². The third kappa shape index (κ3) is 6.87. The van der Waals surface area contributed by atoms with Gasteiger partial charge in [-0.1, -0.05) is 13.0 Å². The van der Waals surface area contributed by atoms with Crippen LogP contribution in [0.2, 0.25) is 0 Å². The molecule has 2 fully saturated rings. The third-order valence-corrected chi connectivity index (χ3v) is 9.38. The van der Waals surface area contributed by atoms with E-state index in [0.717, 1.165) is 75.7 Å². The molecule has 0 saturated carbocycles. The van der Waals surface area contributed by atoms with E-state index in [1.165, 1.54) is 18.6 Å². The van der Waals surface area contributed by atoms with Gasteiger partial charge in [0.25, 0.3) is 5.91 Å². The van der Waals surface area contributed by atoms with Crippen LogP contribution in [0.15, 0.2) is 61.3 Å². The first-order valence-corrected chi connectivity index (χ1v) is 16.7. The average Bonchev–Trinajstić information content (AvgIpc) is 3.57. The van der Waals surface area contributed by atoms with E-state index < -0.39 is 23.2 Å². The normalized spacial score (nSPS) is 17.3. The van der Waals surface area contributed by atoms with E-state index in [-0.39, 0.29) is 17.7 Å². The van der Waals surface area contributed by atoms with Crippen molar-refractivity contribution in [1.29, 1.82) is 0 Å². The van der Waals surface area contributed by atoms with Crippen molar-refractivity contribution in [2.45, 2.75) is 45.9 Å². The van der Waals surface area contributed by atoms with E-state index in [9.17, 15) is 4.79 Å². The lowest BCUT2D eigenvalue weighted by atomic mass is 10.0. The minimum absolute atomic E-state index is 0.162. The molecule has 5 aromatic rings. The number of carbonyl (C=O) groups is 1. The van der Waals surface area contributed by atoms with Gasteiger partial charge in [-0.05, 0) is 80.3 Å². The quantitative estimate of drug-likeness (QED) is 0.187. The molecule has 5 heterocycles. The van der Waals surface area contributed by atoms with Gasteiger partial charge in [-0.25, -0.2) is 28.7 Å². The van der Waals surface area contributed by atoms with Crippen molar-refractivity contribution in [3.63, 3.8) is 0 Å². The zero-order chi connectivity index (χ0) is 33.9. The molecule has 3 aromatic heterocycles. The maximum Gasteiger partial charge on any atom is 0.255 e. The number of carbonyl (C=O) groups excluding carboxylic acids is 1. The highest BCUT2D eigenvalue weighted by Crippen LogP contribution is 2.35. The van der Waals surface area contributed by atoms with Crippen LogP contribution in [0.25, 0.3) is 22.4 Å². The van der Waals surface area contributed by atoms with Crippen molar-refractivity contribution in [2.75, 3.05) is 50.0 Å². The highest BCUT2D eigenvalue weighted by atomic mass is 19.1. The number of rotatable bonds is 9. The van der Waals surface area contributed by atoms with Crippen molar-refractivity contribution in [3.05, 3.63) is 89.6 Å². The monoisotopic (exact) mass is 667 g/mol. The predicted octanol–water partition coefficient (Wildman–Crippen LogP) is 6.31. The molecule has 2 N–H and O–H groups in total. The number of fused-ring (bicyclic) bond motifs is 1. The third-order valence-electron chi connectivity index (χ3n) is 9.38. The van der Waals surface area contributed by atoms with E-state index in [0.29, 0.717) is 34.6 Å². The Morgan fingerprint density at radius 3 is 2.61 bits per heavy atom. The maximum absolute atomic E-state index is 15.9. The average molecular weight is 668 g/mol. The second kappa shape index (κ2) is 14.3. The van der Waals surface area contributed by atoms with E-state index in [1.54, 1.807) is 30.6 Å². The number of pyridine rings is 1. The molecule has 0 bridgehead atoms. The molecule has 0 spiro atoms. The number of anilines is 3. The van der Waals surface area contributed by atoms with Gasteiger partial charge in [0.05, 0.1) is 12.0 Å². The van der Waals surface area contributed by atoms with Crippen LogP contribution in [0.3, 0.4) is 0 Å². The summed E-state index contributed by atoms with van der Waals surface area (Å²) in [5.41, 5.74) is 3.89. The van der Waals surface area contributed by atoms with Gasteiger partial charge in [-0.15, -0.1) is 0 Å². The van der Waals surface area contributed by atoms with Crippen LogP contribution < -0.4 is 10.6 Å². The predicted molar refractivity (Wildman–Crippen MR) is 184 cm³/mol. The van der Waals surface area contributed by atoms with Crippen molar-refractivity contribution in [3.8, 4) is 11.3 Å². The molecule has 1 atom stereocenters. The number of piperazine rings is 1. The number of hydrogen-bond donors (Lipinski definition) is 2. The Bertz CT molecular complexity index is 1970. The van der Waals surface area contributed by atoms with Crippen LogP contribution in [0.1, 0.15) is 53.9 Å². The molecule has 254 valence electrons. The van der Waals surface area contributed by atoms with Crippen LogP contribution in [-0.4, -0.2) is 79.5 Å². The van der Waals surface area contributed by atoms with Crippen molar-refractivity contribution in [2.24, 2.45) is 0 Å². The fourth-order valence-electron chi connectivity index (χ4n) is 6.49. The minimum atomic E-state index is -0.962. The Balaban J connectivity index is 1.10. The number of aromatic nitrogens is 5. The molecule has 7 rings (SSSR count). The maximum atomic E-state index is 15.9. The van der Waals surface area contributed by atoms with E-state index in [4.69, 9.17) is 4.74 Å². The van der Waals surface area contributed by atoms with Gasteiger partial charge in [0, 0.05) is 56.7 Å². The van der Waals surface area contributed by atoms with Crippen LogP contribution in [0.5, 0.6) is 0 Å². The SMILES string of the molecule is CCN1CCN(Cc2ccc(C(=O)Nc3ccc(F)c(Nc4ncccc4-c4ncnc5c4ncn5C4CCCCO4)c3F)cc2C)CC1. The van der Waals surface area contributed by atoms with Crippen LogP contribution in [-0.2, 0) is 11.3 Å². The first-order chi connectivity index (χ1) is 23.9. The van der Waals surface area contributed by atoms with Gasteiger partial charge in [0.2, 0.25) is 0 Å². The molecule has 2 aliphatic heterocycles. The summed E-state index contributed by atoms with van der Waals surface area (Å²) in [5, 5.41) is 5.44. The smallest absolute Gasteiger partial charge is 0.255 e. The topological polar surface area (TPSA) is 113 Å². The molecule has 1 amide bonds. The molecule has 11 nitrogen and oxygen atoms in total. The lowest BCUT2D eigenvalue weighted by Gasteiger charge is -2.34. The first kappa shape index (κ1) is 32.7. The van der Waals surface area contributed by atoms with Gasteiger partial charge < -0.3 is 20.3 Å². The van der Waals surface area contributed by atoms with E-state index >= 15 is 8.78 Å². The summed E-state index contributed by atoms with van der Waals surface area (Å²) in [5.74, 6) is -2.15. The number of halogens is 2. The van der Waals surface area contributed by atoms with E-state index in [2.05, 4.69) is 47.3 Å². The fourth-order valence-corrected chi connectivity index (χ4v) is 6.49. The molecule has 1 unspecified atom stereocenters. The summed E-state index contributed by atoms with van der Waals surface area (Å²) in [6, 6.07) is 11.2. The molecule has 0 aliphatic carbocycles. The molecule has 2 aliphatic rings. The van der Waals surface area contributed by atoms with Crippen LogP contribution >= 0.6 is 0 Å². The number of ether oxygens (including phenoxy) is 1. The van der Waals surface area contributed by atoms with Gasteiger partial charge in [0.1, 0.15) is 41.1 Å². The highest BCUT2D eigenvalue weighted by molar-refractivity contribution is 6.05. The highest BCUT2D eigenvalue weighted by Gasteiger charge is 2.24. The second-order valence-corrected chi connectivity index (χ2v) is 12.5. The lowest BCUT2D eigenvalue weighted by molar-refractivity contribution is -0.0298. The minimum Gasteiger partial charge on any atom is -0.358 e. The Labute approximate surface area is 283 Å². The zero-order valence-corrected chi connectivity index (χ0v) is 27.6. The number of nitrogens with one attached hydrogen (secondary N) is 2. The number of benzene rings is 2. The van der Waals surface area contributed by atoms with Crippen molar-refractivity contribution in [1.82, 2.24) is 34.3 Å². The zero-order valence-electron chi connectivity index (χ0n) is 27.6.